The molecule has 2 N–H and O–H groups in total. The number of hydrogen-bond acceptors (Lipinski definition) is 3. The molecule has 1 rings (SSSR count). The molecule has 0 saturated heterocycles. The van der Waals surface area contributed by atoms with Gasteiger partial charge in [-0.3, -0.25) is 0 Å². The highest BCUT2D eigenvalue weighted by Crippen LogP contribution is 2.20. The molecule has 84 valence electrons. The molecule has 1 heterocycles. The Labute approximate surface area is 91.5 Å². The van der Waals surface area contributed by atoms with E-state index in [9.17, 15) is 5.11 Å². The molecule has 0 aromatic carbocycles. The average Bonchev–Trinajstić information content (AvgIpc) is 2.19. The summed E-state index contributed by atoms with van der Waals surface area (Å²) in [4.78, 5) is 4.32. The first-order valence-corrected chi connectivity index (χ1v) is 5.45. The van der Waals surface area contributed by atoms with Crippen molar-refractivity contribution in [3.63, 3.8) is 0 Å². The van der Waals surface area contributed by atoms with Crippen LogP contribution < -0.4 is 5.32 Å². The predicted octanol–water partition coefficient (Wildman–Crippen LogP) is 2.65. The van der Waals surface area contributed by atoms with E-state index in [2.05, 4.69) is 24.1 Å². The molecule has 0 aliphatic rings. The Bertz CT molecular complexity index is 323. The van der Waals surface area contributed by atoms with Gasteiger partial charge in [0.2, 0.25) is 0 Å². The Balaban J connectivity index is 2.88. The van der Waals surface area contributed by atoms with E-state index in [0.29, 0.717) is 6.04 Å². The molecule has 0 bridgehead atoms. The molecule has 0 amide bonds. The number of rotatable bonds is 4. The zero-order valence-electron chi connectivity index (χ0n) is 9.91. The number of hydrogen-bond donors (Lipinski definition) is 2. The Hall–Kier alpha value is -1.09. The van der Waals surface area contributed by atoms with E-state index in [0.717, 1.165) is 23.4 Å². The lowest BCUT2D eigenvalue weighted by molar-refractivity contribution is 0.173. The molecule has 1 aromatic heterocycles. The maximum atomic E-state index is 9.67. The number of aromatic nitrogens is 1. The first kappa shape index (κ1) is 12.0. The Kier molecular flexibility index (Phi) is 4.09. The standard InChI is InChI=1S/C12H20N2O/c1-5-11(15)10-6-9(4)12(13-7-10)14-8(2)3/h6-8,11,15H,5H2,1-4H3,(H,13,14)/t11-/m1/s1. The molecule has 15 heavy (non-hydrogen) atoms. The van der Waals surface area contributed by atoms with E-state index in [1.54, 1.807) is 6.20 Å². The monoisotopic (exact) mass is 208 g/mol. The number of nitrogens with one attached hydrogen (secondary N) is 1. The molecular weight excluding hydrogens is 188 g/mol. The highest BCUT2D eigenvalue weighted by atomic mass is 16.3. The largest absolute Gasteiger partial charge is 0.388 e. The highest BCUT2D eigenvalue weighted by Gasteiger charge is 2.08. The SMILES string of the molecule is CC[C@@H](O)c1cnc(NC(C)C)c(C)c1. The fourth-order valence-electron chi connectivity index (χ4n) is 1.44. The molecule has 0 radical (unpaired) electrons. The van der Waals surface area contributed by atoms with Crippen molar-refractivity contribution in [2.45, 2.75) is 46.3 Å². The second-order valence-corrected chi connectivity index (χ2v) is 4.16. The number of anilines is 1. The Morgan fingerprint density at radius 1 is 1.47 bits per heavy atom. The fraction of sp³-hybridized carbons (Fsp3) is 0.583. The summed E-state index contributed by atoms with van der Waals surface area (Å²) in [6, 6.07) is 2.37. The van der Waals surface area contributed by atoms with Gasteiger partial charge < -0.3 is 10.4 Å². The lowest BCUT2D eigenvalue weighted by Crippen LogP contribution is -2.12. The minimum atomic E-state index is -0.399. The van der Waals surface area contributed by atoms with Gasteiger partial charge in [0, 0.05) is 12.2 Å². The number of aliphatic hydroxyl groups is 1. The lowest BCUT2D eigenvalue weighted by Gasteiger charge is -2.14. The predicted molar refractivity (Wildman–Crippen MR) is 63.0 cm³/mol. The van der Waals surface area contributed by atoms with E-state index in [1.165, 1.54) is 0 Å². The Morgan fingerprint density at radius 3 is 2.60 bits per heavy atom. The van der Waals surface area contributed by atoms with Crippen LogP contribution in [0, 0.1) is 6.92 Å². The molecular formula is C12H20N2O. The summed E-state index contributed by atoms with van der Waals surface area (Å²) in [6.45, 7) is 8.12. The zero-order chi connectivity index (χ0) is 11.4. The van der Waals surface area contributed by atoms with Crippen LogP contribution in [0.15, 0.2) is 12.3 Å². The second-order valence-electron chi connectivity index (χ2n) is 4.16. The fourth-order valence-corrected chi connectivity index (χ4v) is 1.44. The molecule has 0 saturated carbocycles. The third-order valence-corrected chi connectivity index (χ3v) is 2.30. The molecule has 1 aromatic rings. The Morgan fingerprint density at radius 2 is 2.13 bits per heavy atom. The van der Waals surface area contributed by atoms with Gasteiger partial charge in [-0.05, 0) is 44.4 Å². The lowest BCUT2D eigenvalue weighted by atomic mass is 10.1. The minimum Gasteiger partial charge on any atom is -0.388 e. The first-order valence-electron chi connectivity index (χ1n) is 5.45. The maximum Gasteiger partial charge on any atom is 0.129 e. The van der Waals surface area contributed by atoms with Crippen LogP contribution in [0.5, 0.6) is 0 Å². The molecule has 3 heteroatoms. The number of aliphatic hydroxyl groups excluding tert-OH is 1. The van der Waals surface area contributed by atoms with Crippen LogP contribution in [0.1, 0.15) is 44.4 Å². The molecule has 0 spiro atoms. The first-order chi connectivity index (χ1) is 7.04. The summed E-state index contributed by atoms with van der Waals surface area (Å²) in [5.74, 6) is 0.900. The third kappa shape index (κ3) is 3.20. The number of aryl methyl sites for hydroxylation is 1. The maximum absolute atomic E-state index is 9.67. The van der Waals surface area contributed by atoms with Crippen LogP contribution in [0.25, 0.3) is 0 Å². The van der Waals surface area contributed by atoms with Crippen LogP contribution in [0.4, 0.5) is 5.82 Å². The average molecular weight is 208 g/mol. The topological polar surface area (TPSA) is 45.2 Å². The molecule has 0 aliphatic heterocycles. The smallest absolute Gasteiger partial charge is 0.129 e. The molecule has 3 nitrogen and oxygen atoms in total. The van der Waals surface area contributed by atoms with Gasteiger partial charge in [0.05, 0.1) is 6.10 Å². The summed E-state index contributed by atoms with van der Waals surface area (Å²) in [5.41, 5.74) is 1.97. The van der Waals surface area contributed by atoms with Crippen LogP contribution >= 0.6 is 0 Å². The minimum absolute atomic E-state index is 0.373. The van der Waals surface area contributed by atoms with Crippen LogP contribution in [0.2, 0.25) is 0 Å². The summed E-state index contributed by atoms with van der Waals surface area (Å²) >= 11 is 0. The second kappa shape index (κ2) is 5.12. The summed E-state index contributed by atoms with van der Waals surface area (Å²) < 4.78 is 0. The van der Waals surface area contributed by atoms with Crippen LogP contribution in [-0.4, -0.2) is 16.1 Å². The summed E-state index contributed by atoms with van der Waals surface area (Å²) in [5, 5.41) is 12.9. The van der Waals surface area contributed by atoms with E-state index in [-0.39, 0.29) is 0 Å². The van der Waals surface area contributed by atoms with Crippen molar-refractivity contribution in [2.75, 3.05) is 5.32 Å². The van der Waals surface area contributed by atoms with Gasteiger partial charge in [-0.15, -0.1) is 0 Å². The van der Waals surface area contributed by atoms with Crippen molar-refractivity contribution in [3.05, 3.63) is 23.4 Å². The van der Waals surface area contributed by atoms with Gasteiger partial charge in [-0.1, -0.05) is 6.92 Å². The molecule has 1 atom stereocenters. The van der Waals surface area contributed by atoms with Crippen LogP contribution in [-0.2, 0) is 0 Å². The van der Waals surface area contributed by atoms with Crippen molar-refractivity contribution < 1.29 is 5.11 Å². The van der Waals surface area contributed by atoms with Crippen molar-refractivity contribution in [1.29, 1.82) is 0 Å². The van der Waals surface area contributed by atoms with Gasteiger partial charge in [0.15, 0.2) is 0 Å². The van der Waals surface area contributed by atoms with Gasteiger partial charge >= 0.3 is 0 Å². The van der Waals surface area contributed by atoms with Crippen molar-refractivity contribution in [2.24, 2.45) is 0 Å². The molecule has 0 unspecified atom stereocenters. The van der Waals surface area contributed by atoms with E-state index < -0.39 is 6.10 Å². The van der Waals surface area contributed by atoms with Crippen molar-refractivity contribution in [3.8, 4) is 0 Å². The van der Waals surface area contributed by atoms with Gasteiger partial charge in [0.1, 0.15) is 5.82 Å². The quantitative estimate of drug-likeness (QED) is 0.799. The third-order valence-electron chi connectivity index (χ3n) is 2.30. The molecule has 0 aliphatic carbocycles. The van der Waals surface area contributed by atoms with Crippen molar-refractivity contribution >= 4 is 5.82 Å². The van der Waals surface area contributed by atoms with E-state index in [1.807, 2.05) is 19.9 Å². The zero-order valence-corrected chi connectivity index (χ0v) is 9.91. The van der Waals surface area contributed by atoms with E-state index in [4.69, 9.17) is 0 Å². The highest BCUT2D eigenvalue weighted by molar-refractivity contribution is 5.45. The van der Waals surface area contributed by atoms with Gasteiger partial charge in [-0.2, -0.15) is 0 Å². The van der Waals surface area contributed by atoms with Crippen LogP contribution in [0.3, 0.4) is 0 Å². The van der Waals surface area contributed by atoms with Crippen molar-refractivity contribution in [1.82, 2.24) is 4.98 Å². The summed E-state index contributed by atoms with van der Waals surface area (Å²) in [7, 11) is 0. The molecule has 0 fully saturated rings. The number of nitrogens with zero attached hydrogens (tertiary/aromatic N) is 1. The summed E-state index contributed by atoms with van der Waals surface area (Å²) in [6.07, 6.45) is 2.06. The van der Waals surface area contributed by atoms with Gasteiger partial charge in [0.25, 0.3) is 0 Å². The number of pyridine rings is 1. The normalized spacial score (nSPS) is 12.9. The van der Waals surface area contributed by atoms with E-state index >= 15 is 0 Å². The van der Waals surface area contributed by atoms with Gasteiger partial charge in [-0.25, -0.2) is 4.98 Å².